The predicted molar refractivity (Wildman–Crippen MR) is 102 cm³/mol. The van der Waals surface area contributed by atoms with Crippen LogP contribution in [0.3, 0.4) is 0 Å². The van der Waals surface area contributed by atoms with Gasteiger partial charge in [-0.1, -0.05) is 0 Å². The molecule has 2 aliphatic rings. The lowest BCUT2D eigenvalue weighted by molar-refractivity contribution is 0.0746. The zero-order valence-electron chi connectivity index (χ0n) is 15.2. The number of carbonyl (C=O) groups excluding carboxylic acids is 1. The lowest BCUT2D eigenvalue weighted by Gasteiger charge is -2.36. The summed E-state index contributed by atoms with van der Waals surface area (Å²) in [7, 11) is 0. The molecule has 6 nitrogen and oxygen atoms in total. The van der Waals surface area contributed by atoms with Gasteiger partial charge < -0.3 is 19.4 Å². The largest absolute Gasteiger partial charge is 0.378 e. The van der Waals surface area contributed by atoms with Crippen molar-refractivity contribution in [1.82, 2.24) is 9.88 Å². The topological polar surface area (TPSA) is 48.9 Å². The van der Waals surface area contributed by atoms with Crippen molar-refractivity contribution < 1.29 is 13.9 Å². The van der Waals surface area contributed by atoms with Crippen LogP contribution in [0.5, 0.6) is 0 Å². The van der Waals surface area contributed by atoms with E-state index in [0.29, 0.717) is 31.9 Å². The average Bonchev–Trinajstić information content (AvgIpc) is 2.75. The van der Waals surface area contributed by atoms with Gasteiger partial charge in [0.1, 0.15) is 5.82 Å². The van der Waals surface area contributed by atoms with Crippen LogP contribution in [-0.2, 0) is 4.74 Å². The Morgan fingerprint density at radius 1 is 0.889 bits per heavy atom. The highest BCUT2D eigenvalue weighted by atomic mass is 19.1. The molecule has 0 unspecified atom stereocenters. The second kappa shape index (κ2) is 7.92. The molecule has 0 spiro atoms. The van der Waals surface area contributed by atoms with Crippen LogP contribution in [0.2, 0.25) is 0 Å². The number of ether oxygens (including phenoxy) is 1. The Kier molecular flexibility index (Phi) is 5.20. The van der Waals surface area contributed by atoms with E-state index in [2.05, 4.69) is 14.8 Å². The molecule has 7 heteroatoms. The van der Waals surface area contributed by atoms with E-state index in [-0.39, 0.29) is 11.7 Å². The molecule has 2 saturated heterocycles. The molecule has 142 valence electrons. The van der Waals surface area contributed by atoms with Crippen LogP contribution >= 0.6 is 0 Å². The van der Waals surface area contributed by atoms with Gasteiger partial charge in [0.25, 0.3) is 5.91 Å². The zero-order valence-corrected chi connectivity index (χ0v) is 15.2. The summed E-state index contributed by atoms with van der Waals surface area (Å²) < 4.78 is 18.5. The number of aromatic nitrogens is 1. The van der Waals surface area contributed by atoms with E-state index in [1.807, 2.05) is 11.0 Å². The maximum Gasteiger partial charge on any atom is 0.255 e. The number of carbonyl (C=O) groups is 1. The lowest BCUT2D eigenvalue weighted by atomic mass is 10.2. The molecule has 0 N–H and O–H groups in total. The molecular formula is C20H23FN4O2. The van der Waals surface area contributed by atoms with Crippen molar-refractivity contribution in [2.24, 2.45) is 0 Å². The third kappa shape index (κ3) is 4.03. The van der Waals surface area contributed by atoms with Gasteiger partial charge in [-0.25, -0.2) is 4.39 Å². The van der Waals surface area contributed by atoms with Gasteiger partial charge in [-0.15, -0.1) is 0 Å². The lowest BCUT2D eigenvalue weighted by Crippen LogP contribution is -2.48. The fourth-order valence-electron chi connectivity index (χ4n) is 3.54. The SMILES string of the molecule is O=C(c1cncc(N2CCOCC2)c1)N1CCN(c2ccc(F)cc2)CC1. The molecule has 3 heterocycles. The Morgan fingerprint density at radius 2 is 1.56 bits per heavy atom. The normalized spacial score (nSPS) is 17.9. The van der Waals surface area contributed by atoms with Crippen molar-refractivity contribution >= 4 is 17.3 Å². The molecule has 0 radical (unpaired) electrons. The molecular weight excluding hydrogens is 347 g/mol. The predicted octanol–water partition coefficient (Wildman–Crippen LogP) is 2.02. The summed E-state index contributed by atoms with van der Waals surface area (Å²) >= 11 is 0. The quantitative estimate of drug-likeness (QED) is 0.827. The number of morpholine rings is 1. The summed E-state index contributed by atoms with van der Waals surface area (Å²) in [6.07, 6.45) is 3.44. The second-order valence-corrected chi connectivity index (χ2v) is 6.79. The first-order valence-corrected chi connectivity index (χ1v) is 9.28. The van der Waals surface area contributed by atoms with Crippen molar-refractivity contribution in [1.29, 1.82) is 0 Å². The van der Waals surface area contributed by atoms with Crippen LogP contribution in [0, 0.1) is 5.82 Å². The first kappa shape index (κ1) is 17.7. The fraction of sp³-hybridized carbons (Fsp3) is 0.400. The number of anilines is 2. The number of halogens is 1. The molecule has 4 rings (SSSR count). The summed E-state index contributed by atoms with van der Waals surface area (Å²) in [5, 5.41) is 0. The van der Waals surface area contributed by atoms with Crippen molar-refractivity contribution in [3.63, 3.8) is 0 Å². The Bertz CT molecular complexity index is 785. The summed E-state index contributed by atoms with van der Waals surface area (Å²) in [4.78, 5) is 23.4. The maximum absolute atomic E-state index is 13.1. The fourth-order valence-corrected chi connectivity index (χ4v) is 3.54. The van der Waals surface area contributed by atoms with E-state index in [1.54, 1.807) is 24.5 Å². The van der Waals surface area contributed by atoms with Gasteiger partial charge in [-0.05, 0) is 30.3 Å². The Balaban J connectivity index is 1.39. The van der Waals surface area contributed by atoms with Crippen LogP contribution in [0.15, 0.2) is 42.7 Å². The van der Waals surface area contributed by atoms with Crippen molar-refractivity contribution in [3.8, 4) is 0 Å². The number of pyridine rings is 1. The third-order valence-corrected chi connectivity index (χ3v) is 5.11. The Labute approximate surface area is 158 Å². The molecule has 1 aromatic heterocycles. The van der Waals surface area contributed by atoms with Gasteiger partial charge in [0.2, 0.25) is 0 Å². The van der Waals surface area contributed by atoms with E-state index >= 15 is 0 Å². The molecule has 0 aliphatic carbocycles. The number of benzene rings is 1. The van der Waals surface area contributed by atoms with E-state index < -0.39 is 0 Å². The number of hydrogen-bond donors (Lipinski definition) is 0. The smallest absolute Gasteiger partial charge is 0.255 e. The number of piperazine rings is 1. The van der Waals surface area contributed by atoms with Crippen molar-refractivity contribution in [2.45, 2.75) is 0 Å². The molecule has 2 aromatic rings. The van der Waals surface area contributed by atoms with Gasteiger partial charge in [0.15, 0.2) is 0 Å². The summed E-state index contributed by atoms with van der Waals surface area (Å²) in [5.74, 6) is -0.225. The molecule has 2 fully saturated rings. The summed E-state index contributed by atoms with van der Waals surface area (Å²) in [5.41, 5.74) is 2.57. The number of amides is 1. The highest BCUT2D eigenvalue weighted by Crippen LogP contribution is 2.20. The zero-order chi connectivity index (χ0) is 18.6. The minimum atomic E-state index is -0.236. The monoisotopic (exact) mass is 370 g/mol. The van der Waals surface area contributed by atoms with Crippen LogP contribution < -0.4 is 9.80 Å². The second-order valence-electron chi connectivity index (χ2n) is 6.79. The number of rotatable bonds is 3. The summed E-state index contributed by atoms with van der Waals surface area (Å²) in [6, 6.07) is 8.42. The maximum atomic E-state index is 13.1. The molecule has 0 bridgehead atoms. The van der Waals surface area contributed by atoms with Crippen LogP contribution in [0.1, 0.15) is 10.4 Å². The van der Waals surface area contributed by atoms with Gasteiger partial charge in [-0.2, -0.15) is 0 Å². The molecule has 1 aromatic carbocycles. The van der Waals surface area contributed by atoms with Gasteiger partial charge in [-0.3, -0.25) is 9.78 Å². The van der Waals surface area contributed by atoms with Gasteiger partial charge >= 0.3 is 0 Å². The van der Waals surface area contributed by atoms with Crippen LogP contribution in [-0.4, -0.2) is 68.3 Å². The highest BCUT2D eigenvalue weighted by molar-refractivity contribution is 5.95. The van der Waals surface area contributed by atoms with Crippen LogP contribution in [0.4, 0.5) is 15.8 Å². The van der Waals surface area contributed by atoms with Crippen LogP contribution in [0.25, 0.3) is 0 Å². The number of hydrogen-bond acceptors (Lipinski definition) is 5. The Hall–Kier alpha value is -2.67. The molecule has 2 aliphatic heterocycles. The third-order valence-electron chi connectivity index (χ3n) is 5.11. The minimum Gasteiger partial charge on any atom is -0.378 e. The van der Waals surface area contributed by atoms with Crippen molar-refractivity contribution in [3.05, 3.63) is 54.1 Å². The molecule has 27 heavy (non-hydrogen) atoms. The van der Waals surface area contributed by atoms with Gasteiger partial charge in [0.05, 0.1) is 30.7 Å². The molecule has 0 atom stereocenters. The first-order valence-electron chi connectivity index (χ1n) is 9.28. The van der Waals surface area contributed by atoms with E-state index in [9.17, 15) is 9.18 Å². The van der Waals surface area contributed by atoms with Crippen molar-refractivity contribution in [2.75, 3.05) is 62.3 Å². The minimum absolute atomic E-state index is 0.0105. The summed E-state index contributed by atoms with van der Waals surface area (Å²) in [6.45, 7) is 5.76. The highest BCUT2D eigenvalue weighted by Gasteiger charge is 2.23. The van der Waals surface area contributed by atoms with Gasteiger partial charge in [0, 0.05) is 51.2 Å². The van der Waals surface area contributed by atoms with E-state index in [1.165, 1.54) is 12.1 Å². The van der Waals surface area contributed by atoms with E-state index in [4.69, 9.17) is 4.74 Å². The standard InChI is InChI=1S/C20H23FN4O2/c21-17-1-3-18(4-2-17)23-5-7-25(8-6-23)20(26)16-13-19(15-22-14-16)24-9-11-27-12-10-24/h1-4,13-15H,5-12H2. The first-order chi connectivity index (χ1) is 13.2. The molecule has 0 saturated carbocycles. The number of nitrogens with zero attached hydrogens (tertiary/aromatic N) is 4. The Morgan fingerprint density at radius 3 is 2.26 bits per heavy atom. The molecule has 1 amide bonds. The van der Waals surface area contributed by atoms with E-state index in [0.717, 1.165) is 37.6 Å². The average molecular weight is 370 g/mol.